The van der Waals surface area contributed by atoms with Crippen LogP contribution in [0.4, 0.5) is 10.5 Å². The highest BCUT2D eigenvalue weighted by Gasteiger charge is 2.07. The number of carbonyl (C=O) groups is 1. The molecule has 2 aromatic heterocycles. The lowest BCUT2D eigenvalue weighted by molar-refractivity contribution is 0.251. The molecule has 0 atom stereocenters. The third-order valence-electron chi connectivity index (χ3n) is 2.84. The molecule has 1 aromatic carbocycles. The van der Waals surface area contributed by atoms with E-state index in [1.807, 2.05) is 30.3 Å². The Morgan fingerprint density at radius 3 is 2.95 bits per heavy atom. The second-order valence-electron chi connectivity index (χ2n) is 4.13. The van der Waals surface area contributed by atoms with Gasteiger partial charge in [-0.25, -0.2) is 4.79 Å². The first kappa shape index (κ1) is 11.4. The van der Waals surface area contributed by atoms with Crippen LogP contribution >= 0.6 is 0 Å². The zero-order chi connectivity index (χ0) is 13.1. The van der Waals surface area contributed by atoms with E-state index in [4.69, 9.17) is 4.42 Å². The fraction of sp³-hybridized carbons (Fsp3) is 0.0714. The Bertz CT molecular complexity index is 686. The van der Waals surface area contributed by atoms with Gasteiger partial charge in [-0.05, 0) is 18.2 Å². The number of urea groups is 1. The number of anilines is 1. The van der Waals surface area contributed by atoms with Crippen LogP contribution in [0.25, 0.3) is 10.9 Å². The van der Waals surface area contributed by atoms with Crippen molar-refractivity contribution in [2.45, 2.75) is 6.54 Å². The number of carbonyl (C=O) groups excluding carboxylic acids is 1. The predicted octanol–water partition coefficient (Wildman–Crippen LogP) is 3.08. The van der Waals surface area contributed by atoms with Gasteiger partial charge in [-0.3, -0.25) is 0 Å². The van der Waals surface area contributed by atoms with Crippen LogP contribution in [0, 0.1) is 0 Å². The quantitative estimate of drug-likeness (QED) is 0.673. The standard InChI is InChI=1S/C14H13N3O2/c18-14(16-8-10-4-3-7-19-10)17-13-9-15-12-6-2-1-5-11(12)13/h1-7,9,15H,8H2,(H2,16,17,18). The predicted molar refractivity (Wildman–Crippen MR) is 72.9 cm³/mol. The van der Waals surface area contributed by atoms with Crippen LogP contribution < -0.4 is 10.6 Å². The van der Waals surface area contributed by atoms with Crippen LogP contribution in [-0.2, 0) is 6.54 Å². The lowest BCUT2D eigenvalue weighted by Gasteiger charge is -2.05. The first-order valence-electron chi connectivity index (χ1n) is 5.96. The molecule has 2 amide bonds. The van der Waals surface area contributed by atoms with E-state index >= 15 is 0 Å². The SMILES string of the molecule is O=C(NCc1ccco1)Nc1c[nH]c2ccccc12. The first-order chi connectivity index (χ1) is 9.33. The Balaban J connectivity index is 1.66. The van der Waals surface area contributed by atoms with Gasteiger partial charge in [0.15, 0.2) is 0 Å². The minimum Gasteiger partial charge on any atom is -0.467 e. The molecule has 3 aromatic rings. The molecule has 0 radical (unpaired) electrons. The molecule has 0 aliphatic rings. The maximum Gasteiger partial charge on any atom is 0.319 e. The van der Waals surface area contributed by atoms with Crippen molar-refractivity contribution in [2.75, 3.05) is 5.32 Å². The van der Waals surface area contributed by atoms with Crippen LogP contribution in [0.2, 0.25) is 0 Å². The Labute approximate surface area is 109 Å². The summed E-state index contributed by atoms with van der Waals surface area (Å²) in [7, 11) is 0. The molecular formula is C14H13N3O2. The average Bonchev–Trinajstić information content (AvgIpc) is 3.07. The highest BCUT2D eigenvalue weighted by molar-refractivity contribution is 6.00. The lowest BCUT2D eigenvalue weighted by Crippen LogP contribution is -2.27. The molecule has 0 bridgehead atoms. The number of rotatable bonds is 3. The van der Waals surface area contributed by atoms with E-state index in [9.17, 15) is 4.79 Å². The van der Waals surface area contributed by atoms with Gasteiger partial charge in [0.25, 0.3) is 0 Å². The van der Waals surface area contributed by atoms with Crippen LogP contribution in [0.3, 0.4) is 0 Å². The molecule has 0 aliphatic heterocycles. The number of aromatic nitrogens is 1. The Hall–Kier alpha value is -2.69. The molecule has 0 unspecified atom stereocenters. The fourth-order valence-electron chi connectivity index (χ4n) is 1.92. The average molecular weight is 255 g/mol. The van der Waals surface area contributed by atoms with Gasteiger partial charge < -0.3 is 20.0 Å². The van der Waals surface area contributed by atoms with E-state index in [-0.39, 0.29) is 6.03 Å². The van der Waals surface area contributed by atoms with Gasteiger partial charge in [0, 0.05) is 17.1 Å². The monoisotopic (exact) mass is 255 g/mol. The summed E-state index contributed by atoms with van der Waals surface area (Å²) < 4.78 is 5.14. The van der Waals surface area contributed by atoms with Crippen molar-refractivity contribution in [1.82, 2.24) is 10.3 Å². The molecule has 3 N–H and O–H groups in total. The van der Waals surface area contributed by atoms with Crippen molar-refractivity contribution in [2.24, 2.45) is 0 Å². The molecular weight excluding hydrogens is 242 g/mol. The summed E-state index contributed by atoms with van der Waals surface area (Å²) in [6.45, 7) is 0.362. The maximum absolute atomic E-state index is 11.8. The van der Waals surface area contributed by atoms with Crippen molar-refractivity contribution in [3.05, 3.63) is 54.6 Å². The highest BCUT2D eigenvalue weighted by Crippen LogP contribution is 2.22. The summed E-state index contributed by atoms with van der Waals surface area (Å²) in [5.41, 5.74) is 1.75. The third kappa shape index (κ3) is 2.44. The number of aromatic amines is 1. The first-order valence-corrected chi connectivity index (χ1v) is 5.96. The number of para-hydroxylation sites is 1. The molecule has 5 heteroatoms. The minimum absolute atomic E-state index is 0.263. The van der Waals surface area contributed by atoms with Crippen molar-refractivity contribution >= 4 is 22.6 Å². The minimum atomic E-state index is -0.263. The second-order valence-corrected chi connectivity index (χ2v) is 4.13. The fourth-order valence-corrected chi connectivity index (χ4v) is 1.92. The number of hydrogen-bond acceptors (Lipinski definition) is 2. The van der Waals surface area contributed by atoms with E-state index in [1.54, 1.807) is 18.5 Å². The smallest absolute Gasteiger partial charge is 0.319 e. The molecule has 0 saturated carbocycles. The Kier molecular flexibility index (Phi) is 2.94. The molecule has 19 heavy (non-hydrogen) atoms. The topological polar surface area (TPSA) is 70.1 Å². The zero-order valence-electron chi connectivity index (χ0n) is 10.1. The lowest BCUT2D eigenvalue weighted by atomic mass is 10.2. The summed E-state index contributed by atoms with van der Waals surface area (Å²) in [5.74, 6) is 0.717. The number of furan rings is 1. The summed E-state index contributed by atoms with van der Waals surface area (Å²) >= 11 is 0. The molecule has 3 rings (SSSR count). The van der Waals surface area contributed by atoms with Gasteiger partial charge in [-0.1, -0.05) is 18.2 Å². The summed E-state index contributed by atoms with van der Waals surface area (Å²) in [4.78, 5) is 14.9. The number of amides is 2. The van der Waals surface area contributed by atoms with E-state index in [2.05, 4.69) is 15.6 Å². The van der Waals surface area contributed by atoms with Gasteiger partial charge in [0.1, 0.15) is 5.76 Å². The van der Waals surface area contributed by atoms with E-state index in [1.165, 1.54) is 0 Å². The second kappa shape index (κ2) is 4.89. The van der Waals surface area contributed by atoms with Crippen LogP contribution in [-0.4, -0.2) is 11.0 Å². The molecule has 0 aliphatic carbocycles. The molecule has 0 fully saturated rings. The van der Waals surface area contributed by atoms with E-state index in [0.717, 1.165) is 16.6 Å². The zero-order valence-corrected chi connectivity index (χ0v) is 10.1. The third-order valence-corrected chi connectivity index (χ3v) is 2.84. The molecule has 0 saturated heterocycles. The number of benzene rings is 1. The Morgan fingerprint density at radius 1 is 1.21 bits per heavy atom. The molecule has 0 spiro atoms. The van der Waals surface area contributed by atoms with Crippen molar-refractivity contribution in [3.63, 3.8) is 0 Å². The number of hydrogen-bond donors (Lipinski definition) is 3. The Morgan fingerprint density at radius 2 is 2.11 bits per heavy atom. The van der Waals surface area contributed by atoms with E-state index < -0.39 is 0 Å². The van der Waals surface area contributed by atoms with Gasteiger partial charge in [-0.2, -0.15) is 0 Å². The van der Waals surface area contributed by atoms with Crippen LogP contribution in [0.15, 0.2) is 53.3 Å². The molecule has 5 nitrogen and oxygen atoms in total. The van der Waals surface area contributed by atoms with Gasteiger partial charge in [0.05, 0.1) is 18.5 Å². The number of nitrogens with one attached hydrogen (secondary N) is 3. The highest BCUT2D eigenvalue weighted by atomic mass is 16.3. The summed E-state index contributed by atoms with van der Waals surface area (Å²) in [6, 6.07) is 11.1. The molecule has 2 heterocycles. The van der Waals surface area contributed by atoms with Crippen LogP contribution in [0.5, 0.6) is 0 Å². The van der Waals surface area contributed by atoms with Gasteiger partial charge in [-0.15, -0.1) is 0 Å². The normalized spacial score (nSPS) is 10.5. The number of fused-ring (bicyclic) bond motifs is 1. The van der Waals surface area contributed by atoms with Gasteiger partial charge in [0.2, 0.25) is 0 Å². The summed E-state index contributed by atoms with van der Waals surface area (Å²) in [5, 5.41) is 6.52. The van der Waals surface area contributed by atoms with Crippen molar-refractivity contribution in [3.8, 4) is 0 Å². The van der Waals surface area contributed by atoms with Gasteiger partial charge >= 0.3 is 6.03 Å². The van der Waals surface area contributed by atoms with Crippen LogP contribution in [0.1, 0.15) is 5.76 Å². The maximum atomic E-state index is 11.8. The van der Waals surface area contributed by atoms with Crippen molar-refractivity contribution < 1.29 is 9.21 Å². The number of H-pyrrole nitrogens is 1. The van der Waals surface area contributed by atoms with Crippen molar-refractivity contribution in [1.29, 1.82) is 0 Å². The summed E-state index contributed by atoms with van der Waals surface area (Å²) in [6.07, 6.45) is 3.35. The van der Waals surface area contributed by atoms with E-state index in [0.29, 0.717) is 12.3 Å². The largest absolute Gasteiger partial charge is 0.467 e. The molecule has 96 valence electrons.